The number of thiol groups is 1. The van der Waals surface area contributed by atoms with E-state index >= 15 is 0 Å². The predicted molar refractivity (Wildman–Crippen MR) is 63.5 cm³/mol. The van der Waals surface area contributed by atoms with Crippen LogP contribution in [0.4, 0.5) is 4.39 Å². The van der Waals surface area contributed by atoms with Crippen molar-refractivity contribution in [1.82, 2.24) is 5.32 Å². The third-order valence-corrected chi connectivity index (χ3v) is 2.48. The maximum Gasteiger partial charge on any atom is 0.254 e. The SMILES string of the molecule is O=C(NCc1ccco1)c1cc(S)ccc1F. The first-order chi connectivity index (χ1) is 8.16. The highest BCUT2D eigenvalue weighted by atomic mass is 32.1. The average Bonchev–Trinajstić information content (AvgIpc) is 2.82. The van der Waals surface area contributed by atoms with Crippen molar-refractivity contribution in [3.05, 3.63) is 53.7 Å². The van der Waals surface area contributed by atoms with Gasteiger partial charge in [-0.2, -0.15) is 0 Å². The van der Waals surface area contributed by atoms with Gasteiger partial charge in [-0.3, -0.25) is 4.79 Å². The Morgan fingerprint density at radius 1 is 1.41 bits per heavy atom. The van der Waals surface area contributed by atoms with Crippen LogP contribution in [-0.4, -0.2) is 5.91 Å². The molecule has 0 aliphatic heterocycles. The Bertz CT molecular complexity index is 525. The van der Waals surface area contributed by atoms with Crippen LogP contribution in [0.15, 0.2) is 45.9 Å². The van der Waals surface area contributed by atoms with E-state index in [0.29, 0.717) is 10.7 Å². The molecule has 1 N–H and O–H groups in total. The molecule has 0 saturated carbocycles. The number of amides is 1. The normalized spacial score (nSPS) is 10.2. The maximum absolute atomic E-state index is 13.4. The van der Waals surface area contributed by atoms with Gasteiger partial charge in [-0.05, 0) is 30.3 Å². The Kier molecular flexibility index (Phi) is 3.49. The second kappa shape index (κ2) is 5.05. The number of furan rings is 1. The van der Waals surface area contributed by atoms with Crippen LogP contribution in [-0.2, 0) is 6.54 Å². The molecule has 0 spiro atoms. The molecule has 1 heterocycles. The van der Waals surface area contributed by atoms with Crippen LogP contribution in [0.3, 0.4) is 0 Å². The molecule has 0 aliphatic carbocycles. The maximum atomic E-state index is 13.4. The lowest BCUT2D eigenvalue weighted by atomic mass is 10.2. The van der Waals surface area contributed by atoms with Gasteiger partial charge in [0.25, 0.3) is 5.91 Å². The van der Waals surface area contributed by atoms with E-state index in [4.69, 9.17) is 4.42 Å². The first-order valence-electron chi connectivity index (χ1n) is 4.96. The van der Waals surface area contributed by atoms with E-state index < -0.39 is 11.7 Å². The number of benzene rings is 1. The molecule has 17 heavy (non-hydrogen) atoms. The number of nitrogens with one attached hydrogen (secondary N) is 1. The van der Waals surface area contributed by atoms with E-state index in [9.17, 15) is 9.18 Å². The second-order valence-corrected chi connectivity index (χ2v) is 3.94. The minimum Gasteiger partial charge on any atom is -0.467 e. The number of carbonyl (C=O) groups is 1. The van der Waals surface area contributed by atoms with Crippen LogP contribution in [0.2, 0.25) is 0 Å². The van der Waals surface area contributed by atoms with Crippen LogP contribution in [0.5, 0.6) is 0 Å². The zero-order chi connectivity index (χ0) is 12.3. The summed E-state index contributed by atoms with van der Waals surface area (Å²) in [7, 11) is 0. The Morgan fingerprint density at radius 2 is 2.24 bits per heavy atom. The lowest BCUT2D eigenvalue weighted by molar-refractivity contribution is 0.0943. The van der Waals surface area contributed by atoms with Crippen molar-refractivity contribution in [2.45, 2.75) is 11.4 Å². The largest absolute Gasteiger partial charge is 0.467 e. The van der Waals surface area contributed by atoms with E-state index in [1.807, 2.05) is 0 Å². The topological polar surface area (TPSA) is 42.2 Å². The van der Waals surface area contributed by atoms with Gasteiger partial charge in [0.05, 0.1) is 18.4 Å². The van der Waals surface area contributed by atoms with E-state index in [-0.39, 0.29) is 12.1 Å². The lowest BCUT2D eigenvalue weighted by Crippen LogP contribution is -2.23. The van der Waals surface area contributed by atoms with E-state index in [0.717, 1.165) is 0 Å². The summed E-state index contributed by atoms with van der Waals surface area (Å²) >= 11 is 4.06. The van der Waals surface area contributed by atoms with Gasteiger partial charge in [-0.15, -0.1) is 12.6 Å². The molecule has 0 radical (unpaired) electrons. The van der Waals surface area contributed by atoms with Gasteiger partial charge in [0.1, 0.15) is 11.6 Å². The highest BCUT2D eigenvalue weighted by molar-refractivity contribution is 7.80. The fourth-order valence-corrected chi connectivity index (χ4v) is 1.57. The van der Waals surface area contributed by atoms with E-state index in [2.05, 4.69) is 17.9 Å². The van der Waals surface area contributed by atoms with Crippen LogP contribution in [0.1, 0.15) is 16.1 Å². The van der Waals surface area contributed by atoms with E-state index in [1.54, 1.807) is 12.1 Å². The van der Waals surface area contributed by atoms with Gasteiger partial charge in [-0.25, -0.2) is 4.39 Å². The monoisotopic (exact) mass is 251 g/mol. The van der Waals surface area contributed by atoms with Crippen LogP contribution in [0.25, 0.3) is 0 Å². The number of rotatable bonds is 3. The molecule has 1 amide bonds. The first kappa shape index (κ1) is 11.7. The van der Waals surface area contributed by atoms with Crippen molar-refractivity contribution in [2.24, 2.45) is 0 Å². The molecule has 0 atom stereocenters. The first-order valence-corrected chi connectivity index (χ1v) is 5.40. The summed E-state index contributed by atoms with van der Waals surface area (Å²) in [6.07, 6.45) is 1.51. The third-order valence-electron chi connectivity index (χ3n) is 2.20. The predicted octanol–water partition coefficient (Wildman–Crippen LogP) is 2.64. The Morgan fingerprint density at radius 3 is 2.94 bits per heavy atom. The number of carbonyl (C=O) groups excluding carboxylic acids is 1. The average molecular weight is 251 g/mol. The minimum absolute atomic E-state index is 0.0240. The minimum atomic E-state index is -0.570. The summed E-state index contributed by atoms with van der Waals surface area (Å²) in [6, 6.07) is 7.53. The Hall–Kier alpha value is -1.75. The molecule has 0 fully saturated rings. The molecule has 0 unspecified atom stereocenters. The van der Waals surface area contributed by atoms with Crippen molar-refractivity contribution in [1.29, 1.82) is 0 Å². The molecule has 2 rings (SSSR count). The quantitative estimate of drug-likeness (QED) is 0.823. The van der Waals surface area contributed by atoms with Crippen molar-refractivity contribution in [3.8, 4) is 0 Å². The lowest BCUT2D eigenvalue weighted by Gasteiger charge is -2.05. The third kappa shape index (κ3) is 2.88. The van der Waals surface area contributed by atoms with Crippen molar-refractivity contribution in [2.75, 3.05) is 0 Å². The van der Waals surface area contributed by atoms with Crippen LogP contribution >= 0.6 is 12.6 Å². The molecule has 5 heteroatoms. The fourth-order valence-electron chi connectivity index (χ4n) is 1.36. The number of hydrogen-bond acceptors (Lipinski definition) is 3. The summed E-state index contributed by atoms with van der Waals surface area (Å²) in [5.41, 5.74) is -0.0240. The molecule has 0 bridgehead atoms. The summed E-state index contributed by atoms with van der Waals surface area (Å²) in [6.45, 7) is 0.224. The number of hydrogen-bond donors (Lipinski definition) is 2. The molecular formula is C12H10FNO2S. The summed E-state index contributed by atoms with van der Waals surface area (Å²) in [5, 5.41) is 2.56. The molecule has 1 aromatic carbocycles. The van der Waals surface area contributed by atoms with Crippen molar-refractivity contribution >= 4 is 18.5 Å². The van der Waals surface area contributed by atoms with Gasteiger partial charge in [0.15, 0.2) is 0 Å². The van der Waals surface area contributed by atoms with Crippen molar-refractivity contribution in [3.63, 3.8) is 0 Å². The molecule has 1 aromatic heterocycles. The van der Waals surface area contributed by atoms with Gasteiger partial charge in [0, 0.05) is 4.90 Å². The number of halogens is 1. The van der Waals surface area contributed by atoms with Crippen molar-refractivity contribution < 1.29 is 13.6 Å². The van der Waals surface area contributed by atoms with Gasteiger partial charge >= 0.3 is 0 Å². The fraction of sp³-hybridized carbons (Fsp3) is 0.0833. The summed E-state index contributed by atoms with van der Waals surface area (Å²) < 4.78 is 18.4. The highest BCUT2D eigenvalue weighted by Crippen LogP contribution is 2.13. The molecular weight excluding hydrogens is 241 g/mol. The zero-order valence-corrected chi connectivity index (χ0v) is 9.71. The van der Waals surface area contributed by atoms with Gasteiger partial charge in [0.2, 0.25) is 0 Å². The second-order valence-electron chi connectivity index (χ2n) is 3.43. The van der Waals surface area contributed by atoms with Crippen LogP contribution in [0, 0.1) is 5.82 Å². The van der Waals surface area contributed by atoms with Gasteiger partial charge < -0.3 is 9.73 Å². The van der Waals surface area contributed by atoms with Crippen LogP contribution < -0.4 is 5.32 Å². The summed E-state index contributed by atoms with van der Waals surface area (Å²) in [4.78, 5) is 12.2. The summed E-state index contributed by atoms with van der Waals surface area (Å²) in [5.74, 6) is -0.449. The standard InChI is InChI=1S/C12H10FNO2S/c13-11-4-3-9(17)6-10(11)12(15)14-7-8-2-1-5-16-8/h1-6,17H,7H2,(H,14,15). The Labute approximate surface area is 103 Å². The molecule has 0 aliphatic rings. The Balaban J connectivity index is 2.07. The van der Waals surface area contributed by atoms with E-state index in [1.165, 1.54) is 24.5 Å². The molecule has 3 nitrogen and oxygen atoms in total. The van der Waals surface area contributed by atoms with Gasteiger partial charge in [-0.1, -0.05) is 0 Å². The smallest absolute Gasteiger partial charge is 0.254 e. The molecule has 0 saturated heterocycles. The highest BCUT2D eigenvalue weighted by Gasteiger charge is 2.11. The molecule has 88 valence electrons. The molecule has 2 aromatic rings. The zero-order valence-electron chi connectivity index (χ0n) is 8.81.